The molecule has 1 aliphatic carbocycles. The van der Waals surface area contributed by atoms with Crippen molar-refractivity contribution in [2.75, 3.05) is 6.54 Å². The van der Waals surface area contributed by atoms with E-state index in [4.69, 9.17) is 4.65 Å². The Kier molecular flexibility index (Phi) is 7.81. The smallest absolute Gasteiger partial charge is 0.455 e. The molecule has 2 amide bonds. The number of hydrogen-bond donors (Lipinski definition) is 2. The second-order valence-electron chi connectivity index (χ2n) is 10.1. The Morgan fingerprint density at radius 2 is 2.00 bits per heavy atom. The van der Waals surface area contributed by atoms with Crippen LogP contribution in [0.5, 0.6) is 5.75 Å². The maximum absolute atomic E-state index is 13.7. The van der Waals surface area contributed by atoms with Gasteiger partial charge in [-0.25, -0.2) is 4.39 Å². The van der Waals surface area contributed by atoms with Crippen LogP contribution >= 0.6 is 0 Å². The number of nitrogens with zero attached hydrogens (tertiary/aromatic N) is 1. The average Bonchev–Trinajstić information content (AvgIpc) is 3.05. The molecule has 0 spiro atoms. The molecule has 0 saturated carbocycles. The van der Waals surface area contributed by atoms with E-state index in [-0.39, 0.29) is 35.5 Å². The van der Waals surface area contributed by atoms with Crippen molar-refractivity contribution in [1.29, 1.82) is 0 Å². The van der Waals surface area contributed by atoms with Crippen molar-refractivity contribution in [2.24, 2.45) is 17.8 Å². The highest BCUT2D eigenvalue weighted by Crippen LogP contribution is 2.51. The normalized spacial score (nSPS) is 26.9. The Balaban J connectivity index is 1.59. The molecule has 3 aliphatic rings. The minimum atomic E-state index is -0.978. The molecule has 0 unspecified atom stereocenters. The van der Waals surface area contributed by atoms with E-state index in [2.05, 4.69) is 6.92 Å². The zero-order valence-corrected chi connectivity index (χ0v) is 20.8. The van der Waals surface area contributed by atoms with Gasteiger partial charge in [-0.2, -0.15) is 0 Å². The topological polar surface area (TPSA) is 87.1 Å². The van der Waals surface area contributed by atoms with Crippen LogP contribution < -0.4 is 0 Å². The van der Waals surface area contributed by atoms with E-state index in [1.165, 1.54) is 22.6 Å². The summed E-state index contributed by atoms with van der Waals surface area (Å²) in [4.78, 5) is 27.8. The summed E-state index contributed by atoms with van der Waals surface area (Å²) >= 11 is 0. The van der Waals surface area contributed by atoms with Crippen LogP contribution in [0.15, 0.2) is 34.9 Å². The van der Waals surface area contributed by atoms with E-state index in [0.717, 1.165) is 30.4 Å². The number of fused-ring (bicyclic) bond motifs is 3. The van der Waals surface area contributed by atoms with Crippen LogP contribution in [0.2, 0.25) is 6.32 Å². The molecule has 4 atom stereocenters. The highest BCUT2D eigenvalue weighted by Gasteiger charge is 2.56. The Hall–Kier alpha value is -2.45. The van der Waals surface area contributed by atoms with Crippen LogP contribution in [0.25, 0.3) is 6.08 Å². The number of hydrogen-bond acceptors (Lipinski definition) is 5. The summed E-state index contributed by atoms with van der Waals surface area (Å²) in [6.45, 7) is 6.48. The molecule has 0 radical (unpaired) electrons. The maximum Gasteiger partial charge on any atom is 0.455 e. The molecule has 188 valence electrons. The molecule has 2 aliphatic heterocycles. The summed E-state index contributed by atoms with van der Waals surface area (Å²) < 4.78 is 19.7. The number of carbonyl (C=O) groups is 2. The summed E-state index contributed by atoms with van der Waals surface area (Å²) in [5.41, 5.74) is 4.00. The van der Waals surface area contributed by atoms with Gasteiger partial charge in [0.05, 0.1) is 17.9 Å². The van der Waals surface area contributed by atoms with Gasteiger partial charge in [-0.15, -0.1) is 0 Å². The van der Waals surface area contributed by atoms with Gasteiger partial charge in [0, 0.05) is 6.54 Å². The summed E-state index contributed by atoms with van der Waals surface area (Å²) in [6.07, 6.45) is 6.28. The van der Waals surface area contributed by atoms with Gasteiger partial charge < -0.3 is 14.8 Å². The molecule has 1 aromatic carbocycles. The first-order valence-corrected chi connectivity index (χ1v) is 12.8. The van der Waals surface area contributed by atoms with Crippen molar-refractivity contribution in [3.63, 3.8) is 0 Å². The Bertz CT molecular complexity index is 1050. The van der Waals surface area contributed by atoms with Gasteiger partial charge in [-0.1, -0.05) is 43.6 Å². The number of benzene rings is 1. The molecule has 2 N–H and O–H groups in total. The molecule has 2 fully saturated rings. The van der Waals surface area contributed by atoms with Gasteiger partial charge in [0.15, 0.2) is 11.6 Å². The Labute approximate surface area is 207 Å². The van der Waals surface area contributed by atoms with Gasteiger partial charge in [0.25, 0.3) is 0 Å². The van der Waals surface area contributed by atoms with Crippen LogP contribution in [0.4, 0.5) is 4.39 Å². The fourth-order valence-corrected chi connectivity index (χ4v) is 6.14. The molecular formula is C27H35BFNO5. The number of allylic oxidation sites excluding steroid dienone is 2. The molecule has 1 aromatic rings. The van der Waals surface area contributed by atoms with Crippen molar-refractivity contribution in [2.45, 2.75) is 71.7 Å². The third-order valence-electron chi connectivity index (χ3n) is 7.58. The lowest BCUT2D eigenvalue weighted by atomic mass is 9.58. The minimum Gasteiger partial charge on any atom is -0.505 e. The van der Waals surface area contributed by atoms with Crippen LogP contribution in [0.3, 0.4) is 0 Å². The van der Waals surface area contributed by atoms with E-state index in [9.17, 15) is 24.1 Å². The molecular weight excluding hydrogens is 448 g/mol. The van der Waals surface area contributed by atoms with Crippen molar-refractivity contribution in [1.82, 2.24) is 4.90 Å². The lowest BCUT2D eigenvalue weighted by molar-refractivity contribution is -0.140. The van der Waals surface area contributed by atoms with Crippen molar-refractivity contribution >= 4 is 25.0 Å². The number of imide groups is 1. The number of halogens is 1. The fourth-order valence-electron chi connectivity index (χ4n) is 6.14. The van der Waals surface area contributed by atoms with Gasteiger partial charge >= 0.3 is 7.12 Å². The third kappa shape index (κ3) is 5.09. The Morgan fingerprint density at radius 3 is 2.69 bits per heavy atom. The highest BCUT2D eigenvalue weighted by atomic mass is 19.1. The van der Waals surface area contributed by atoms with E-state index in [1.807, 2.05) is 19.9 Å². The highest BCUT2D eigenvalue weighted by molar-refractivity contribution is 6.43. The van der Waals surface area contributed by atoms with Crippen LogP contribution in [0.1, 0.15) is 64.9 Å². The monoisotopic (exact) mass is 483 g/mol. The van der Waals surface area contributed by atoms with E-state index in [1.54, 1.807) is 6.07 Å². The molecule has 35 heavy (non-hydrogen) atoms. The lowest BCUT2D eigenvalue weighted by Crippen LogP contribution is -2.46. The number of likely N-dealkylation sites (tertiary alicyclic amines) is 1. The fraction of sp³-hybridized carbons (Fsp3) is 0.556. The quantitative estimate of drug-likeness (QED) is 0.318. The molecule has 8 heteroatoms. The first-order valence-electron chi connectivity index (χ1n) is 12.8. The Morgan fingerprint density at radius 1 is 1.23 bits per heavy atom. The number of rotatable bonds is 8. The summed E-state index contributed by atoms with van der Waals surface area (Å²) in [5.74, 6) is -2.13. The van der Waals surface area contributed by atoms with E-state index >= 15 is 0 Å². The molecule has 0 aromatic heterocycles. The molecule has 0 bridgehead atoms. The predicted molar refractivity (Wildman–Crippen MR) is 133 cm³/mol. The summed E-state index contributed by atoms with van der Waals surface area (Å²) in [6, 6.07) is 4.29. The molecule has 2 saturated heterocycles. The van der Waals surface area contributed by atoms with Crippen molar-refractivity contribution in [3.05, 3.63) is 46.3 Å². The average molecular weight is 483 g/mol. The standard InChI is InChI=1S/C27H35BFNO5/c1-4-6-18-14-19-25(27(33)30(11-5-2)26(19)32)20-15-28(34)35-23(24(18)20)10-7-16(3)12-17-8-9-22(31)21(29)13-17/h8-9,12-13,19-20,23,25,31,34H,4-7,10-11,14-15H2,1-3H3/b16-12+/t19-,20+,23-,25-/m1/s1. The minimum absolute atomic E-state index is 0.0630. The number of phenolic OH excluding ortho intramolecular Hbond substituents is 1. The summed E-state index contributed by atoms with van der Waals surface area (Å²) in [5, 5.41) is 20.0. The summed E-state index contributed by atoms with van der Waals surface area (Å²) in [7, 11) is -0.978. The van der Waals surface area contributed by atoms with Crippen LogP contribution in [-0.4, -0.2) is 46.6 Å². The van der Waals surface area contributed by atoms with Gasteiger partial charge in [0.1, 0.15) is 0 Å². The first kappa shape index (κ1) is 25.6. The van der Waals surface area contributed by atoms with E-state index in [0.29, 0.717) is 37.7 Å². The predicted octanol–water partition coefficient (Wildman–Crippen LogP) is 4.72. The van der Waals surface area contributed by atoms with Crippen LogP contribution in [-0.2, 0) is 14.2 Å². The lowest BCUT2D eigenvalue weighted by Gasteiger charge is -2.43. The van der Waals surface area contributed by atoms with Gasteiger partial charge in [-0.05, 0) is 74.5 Å². The van der Waals surface area contributed by atoms with Gasteiger partial charge in [0.2, 0.25) is 11.8 Å². The number of phenols is 1. The number of amides is 2. The second kappa shape index (κ2) is 10.7. The third-order valence-corrected chi connectivity index (χ3v) is 7.58. The second-order valence-corrected chi connectivity index (χ2v) is 10.1. The van der Waals surface area contributed by atoms with Gasteiger partial charge in [-0.3, -0.25) is 14.5 Å². The van der Waals surface area contributed by atoms with Crippen molar-refractivity contribution in [3.8, 4) is 5.75 Å². The zero-order valence-electron chi connectivity index (χ0n) is 20.8. The molecule has 6 nitrogen and oxygen atoms in total. The molecule has 4 rings (SSSR count). The number of aromatic hydroxyl groups is 1. The largest absolute Gasteiger partial charge is 0.505 e. The van der Waals surface area contributed by atoms with Crippen LogP contribution in [0, 0.1) is 23.6 Å². The SMILES string of the molecule is CCCC1=C2[C@@H](CC/C(C)=C/c3ccc(O)c(F)c3)OB(O)C[C@@H]2[C@@H]2C(=O)N(CCC)C(=O)[C@@H]2C1. The van der Waals surface area contributed by atoms with Crippen molar-refractivity contribution < 1.29 is 28.8 Å². The molecule has 2 heterocycles. The first-order chi connectivity index (χ1) is 16.7. The number of carbonyl (C=O) groups excluding carboxylic acids is 2. The van der Waals surface area contributed by atoms with E-state index < -0.39 is 18.9 Å². The zero-order chi connectivity index (χ0) is 25.3. The maximum atomic E-state index is 13.7.